The number of rotatable bonds is 4. The molecule has 0 aliphatic heterocycles. The number of aromatic amines is 1. The van der Waals surface area contributed by atoms with E-state index >= 15 is 0 Å². The van der Waals surface area contributed by atoms with Gasteiger partial charge in [-0.15, -0.1) is 0 Å². The van der Waals surface area contributed by atoms with Crippen LogP contribution in [-0.2, 0) is 0 Å². The molecular formula is C16H22N2O. The maximum absolute atomic E-state index is 9.52. The average Bonchev–Trinajstić information content (AvgIpc) is 2.72. The maximum atomic E-state index is 9.52. The lowest BCUT2D eigenvalue weighted by atomic mass is 9.96. The number of aliphatic hydroxyl groups excluding tert-OH is 1. The second kappa shape index (κ2) is 5.57. The van der Waals surface area contributed by atoms with E-state index in [1.54, 1.807) is 0 Å². The minimum atomic E-state index is 0.0662. The molecule has 102 valence electrons. The van der Waals surface area contributed by atoms with Gasteiger partial charge in [-0.1, -0.05) is 38.1 Å². The Morgan fingerprint density at radius 3 is 2.47 bits per heavy atom. The Kier molecular flexibility index (Phi) is 4.05. The van der Waals surface area contributed by atoms with Crippen molar-refractivity contribution in [1.82, 2.24) is 9.97 Å². The number of aliphatic hydroxyl groups is 1. The highest BCUT2D eigenvalue weighted by atomic mass is 16.3. The number of benzene rings is 1. The number of hydrogen-bond acceptors (Lipinski definition) is 2. The monoisotopic (exact) mass is 258 g/mol. The van der Waals surface area contributed by atoms with Crippen molar-refractivity contribution in [2.24, 2.45) is 5.92 Å². The first-order valence-electron chi connectivity index (χ1n) is 6.78. The van der Waals surface area contributed by atoms with Crippen LogP contribution < -0.4 is 0 Å². The molecule has 1 atom stereocenters. The summed E-state index contributed by atoms with van der Waals surface area (Å²) >= 11 is 0. The Labute approximate surface area is 114 Å². The van der Waals surface area contributed by atoms with Gasteiger partial charge in [-0.3, -0.25) is 0 Å². The van der Waals surface area contributed by atoms with E-state index in [9.17, 15) is 5.11 Å². The van der Waals surface area contributed by atoms with E-state index in [0.29, 0.717) is 5.92 Å². The number of nitrogens with one attached hydrogen (secondary N) is 1. The molecule has 3 nitrogen and oxygen atoms in total. The summed E-state index contributed by atoms with van der Waals surface area (Å²) in [6.45, 7) is 8.46. The SMILES string of the molecule is Cc1ccccc1-c1nc(C(CO)C(C)C)[nH]c1C. The summed E-state index contributed by atoms with van der Waals surface area (Å²) in [6.07, 6.45) is 0. The van der Waals surface area contributed by atoms with Crippen LogP contribution in [0.4, 0.5) is 0 Å². The summed E-state index contributed by atoms with van der Waals surface area (Å²) in [7, 11) is 0. The van der Waals surface area contributed by atoms with Crippen LogP contribution in [-0.4, -0.2) is 21.7 Å². The summed E-state index contributed by atoms with van der Waals surface area (Å²) in [4.78, 5) is 8.05. The summed E-state index contributed by atoms with van der Waals surface area (Å²) in [5, 5.41) is 9.52. The molecule has 2 aromatic rings. The number of aryl methyl sites for hydroxylation is 2. The topological polar surface area (TPSA) is 48.9 Å². The van der Waals surface area contributed by atoms with Crippen LogP contribution in [0.15, 0.2) is 24.3 Å². The van der Waals surface area contributed by atoms with Crippen molar-refractivity contribution in [2.75, 3.05) is 6.61 Å². The Balaban J connectivity index is 2.45. The summed E-state index contributed by atoms with van der Waals surface area (Å²) in [5.41, 5.74) is 4.42. The zero-order valence-electron chi connectivity index (χ0n) is 12.1. The second-order valence-corrected chi connectivity index (χ2v) is 5.44. The normalized spacial score (nSPS) is 12.9. The largest absolute Gasteiger partial charge is 0.396 e. The third-order valence-electron chi connectivity index (χ3n) is 3.66. The number of aromatic nitrogens is 2. The van der Waals surface area contributed by atoms with Gasteiger partial charge in [0.1, 0.15) is 5.82 Å². The molecule has 1 aromatic carbocycles. The van der Waals surface area contributed by atoms with Crippen molar-refractivity contribution >= 4 is 0 Å². The highest BCUT2D eigenvalue weighted by Gasteiger charge is 2.20. The van der Waals surface area contributed by atoms with E-state index in [4.69, 9.17) is 4.98 Å². The van der Waals surface area contributed by atoms with E-state index in [1.807, 2.05) is 19.1 Å². The summed E-state index contributed by atoms with van der Waals surface area (Å²) < 4.78 is 0. The lowest BCUT2D eigenvalue weighted by molar-refractivity contribution is 0.232. The van der Waals surface area contributed by atoms with Gasteiger partial charge in [0.15, 0.2) is 0 Å². The minimum absolute atomic E-state index is 0.0662. The van der Waals surface area contributed by atoms with E-state index < -0.39 is 0 Å². The van der Waals surface area contributed by atoms with Gasteiger partial charge in [0.25, 0.3) is 0 Å². The number of hydrogen-bond donors (Lipinski definition) is 2. The lowest BCUT2D eigenvalue weighted by Crippen LogP contribution is -2.12. The fraction of sp³-hybridized carbons (Fsp3) is 0.438. The highest BCUT2D eigenvalue weighted by Crippen LogP contribution is 2.28. The molecule has 0 amide bonds. The summed E-state index contributed by atoms with van der Waals surface area (Å²) in [5.74, 6) is 1.31. The van der Waals surface area contributed by atoms with Crippen LogP contribution >= 0.6 is 0 Å². The number of nitrogens with zero attached hydrogens (tertiary/aromatic N) is 1. The standard InChI is InChI=1S/C16H22N2O/c1-10(2)14(9-19)16-17-12(4)15(18-16)13-8-6-5-7-11(13)3/h5-8,10,14,19H,9H2,1-4H3,(H,17,18). The Morgan fingerprint density at radius 1 is 1.21 bits per heavy atom. The number of imidazole rings is 1. The zero-order chi connectivity index (χ0) is 14.0. The van der Waals surface area contributed by atoms with Crippen LogP contribution in [0, 0.1) is 19.8 Å². The number of H-pyrrole nitrogens is 1. The molecule has 0 aliphatic rings. The van der Waals surface area contributed by atoms with Crippen LogP contribution in [0.25, 0.3) is 11.3 Å². The predicted octanol–water partition coefficient (Wildman–Crippen LogP) is 3.43. The zero-order valence-corrected chi connectivity index (χ0v) is 12.1. The smallest absolute Gasteiger partial charge is 0.112 e. The molecule has 0 spiro atoms. The quantitative estimate of drug-likeness (QED) is 0.882. The Bertz CT molecular complexity index is 558. The first kappa shape index (κ1) is 13.8. The van der Waals surface area contributed by atoms with Gasteiger partial charge in [0.2, 0.25) is 0 Å². The molecule has 0 radical (unpaired) electrons. The van der Waals surface area contributed by atoms with E-state index in [1.165, 1.54) is 5.56 Å². The fourth-order valence-electron chi connectivity index (χ4n) is 2.37. The van der Waals surface area contributed by atoms with E-state index in [2.05, 4.69) is 37.9 Å². The molecule has 1 heterocycles. The van der Waals surface area contributed by atoms with Crippen molar-refractivity contribution in [1.29, 1.82) is 0 Å². The van der Waals surface area contributed by atoms with Crippen LogP contribution in [0.5, 0.6) is 0 Å². The minimum Gasteiger partial charge on any atom is -0.396 e. The predicted molar refractivity (Wildman–Crippen MR) is 78.2 cm³/mol. The van der Waals surface area contributed by atoms with Gasteiger partial charge < -0.3 is 10.1 Å². The summed E-state index contributed by atoms with van der Waals surface area (Å²) in [6, 6.07) is 8.25. The molecule has 0 saturated heterocycles. The van der Waals surface area contributed by atoms with Crippen molar-refractivity contribution in [3.05, 3.63) is 41.3 Å². The molecule has 0 bridgehead atoms. The molecule has 0 saturated carbocycles. The van der Waals surface area contributed by atoms with E-state index in [0.717, 1.165) is 22.8 Å². The molecule has 1 unspecified atom stereocenters. The van der Waals surface area contributed by atoms with Gasteiger partial charge in [-0.2, -0.15) is 0 Å². The van der Waals surface area contributed by atoms with Crippen LogP contribution in [0.2, 0.25) is 0 Å². The van der Waals surface area contributed by atoms with Gasteiger partial charge >= 0.3 is 0 Å². The van der Waals surface area contributed by atoms with Crippen LogP contribution in [0.3, 0.4) is 0 Å². The lowest BCUT2D eigenvalue weighted by Gasteiger charge is -2.15. The first-order chi connectivity index (χ1) is 9.04. The molecule has 3 heteroatoms. The van der Waals surface area contributed by atoms with Crippen molar-refractivity contribution in [3.63, 3.8) is 0 Å². The molecule has 0 aliphatic carbocycles. The molecule has 1 aromatic heterocycles. The third kappa shape index (κ3) is 2.71. The van der Waals surface area contributed by atoms with Gasteiger partial charge in [0.05, 0.1) is 12.3 Å². The van der Waals surface area contributed by atoms with Crippen molar-refractivity contribution in [2.45, 2.75) is 33.6 Å². The molecule has 0 fully saturated rings. The van der Waals surface area contributed by atoms with Gasteiger partial charge in [-0.25, -0.2) is 4.98 Å². The van der Waals surface area contributed by atoms with E-state index in [-0.39, 0.29) is 12.5 Å². The Morgan fingerprint density at radius 2 is 1.89 bits per heavy atom. The van der Waals surface area contributed by atoms with Gasteiger partial charge in [0, 0.05) is 17.2 Å². The molecule has 2 rings (SSSR count). The average molecular weight is 258 g/mol. The molecular weight excluding hydrogens is 236 g/mol. The van der Waals surface area contributed by atoms with Gasteiger partial charge in [-0.05, 0) is 25.3 Å². The maximum Gasteiger partial charge on any atom is 0.112 e. The fourth-order valence-corrected chi connectivity index (χ4v) is 2.37. The van der Waals surface area contributed by atoms with Crippen molar-refractivity contribution in [3.8, 4) is 11.3 Å². The Hall–Kier alpha value is -1.61. The van der Waals surface area contributed by atoms with Crippen molar-refractivity contribution < 1.29 is 5.11 Å². The first-order valence-corrected chi connectivity index (χ1v) is 6.78. The van der Waals surface area contributed by atoms with Crippen LogP contribution in [0.1, 0.15) is 36.8 Å². The second-order valence-electron chi connectivity index (χ2n) is 5.44. The molecule has 19 heavy (non-hydrogen) atoms. The highest BCUT2D eigenvalue weighted by molar-refractivity contribution is 5.65. The third-order valence-corrected chi connectivity index (χ3v) is 3.66. The molecule has 2 N–H and O–H groups in total.